The third-order valence-corrected chi connectivity index (χ3v) is 11.2. The molecule has 0 spiro atoms. The Labute approximate surface area is 305 Å². The molecule has 1 heteroatoms. The van der Waals surface area contributed by atoms with Crippen molar-refractivity contribution < 1.29 is 0 Å². The van der Waals surface area contributed by atoms with E-state index in [1.807, 2.05) is 0 Å². The molecule has 1 nitrogen and oxygen atoms in total. The number of hydrogen-bond acceptors (Lipinski definition) is 1. The van der Waals surface area contributed by atoms with Crippen molar-refractivity contribution in [2.75, 3.05) is 4.90 Å². The van der Waals surface area contributed by atoms with Crippen LogP contribution < -0.4 is 4.90 Å². The minimum absolute atomic E-state index is 0.173. The smallest absolute Gasteiger partial charge is 0.0546 e. The van der Waals surface area contributed by atoms with Crippen molar-refractivity contribution in [2.24, 2.45) is 0 Å². The summed E-state index contributed by atoms with van der Waals surface area (Å²) >= 11 is 0. The highest BCUT2D eigenvalue weighted by Gasteiger charge is 2.36. The van der Waals surface area contributed by atoms with Crippen LogP contribution in [0.5, 0.6) is 0 Å². The highest BCUT2D eigenvalue weighted by molar-refractivity contribution is 6.17. The maximum atomic E-state index is 2.52. The van der Waals surface area contributed by atoms with Gasteiger partial charge in [0.1, 0.15) is 0 Å². The quantitative estimate of drug-likeness (QED) is 0.166. The molecule has 0 aliphatic heterocycles. The summed E-state index contributed by atoms with van der Waals surface area (Å²) < 4.78 is 0. The third-order valence-electron chi connectivity index (χ3n) is 11.2. The number of rotatable bonds is 5. The number of benzene rings is 9. The Kier molecular flexibility index (Phi) is 6.91. The summed E-state index contributed by atoms with van der Waals surface area (Å²) in [7, 11) is 0. The van der Waals surface area contributed by atoms with Gasteiger partial charge in [-0.25, -0.2) is 0 Å². The normalized spacial score (nSPS) is 13.0. The second kappa shape index (κ2) is 11.8. The highest BCUT2D eigenvalue weighted by atomic mass is 15.1. The van der Waals surface area contributed by atoms with Crippen LogP contribution in [0.4, 0.5) is 17.1 Å². The minimum Gasteiger partial charge on any atom is -0.309 e. The number of hydrogen-bond donors (Lipinski definition) is 0. The van der Waals surface area contributed by atoms with Gasteiger partial charge in [-0.2, -0.15) is 0 Å². The molecule has 0 saturated heterocycles. The van der Waals surface area contributed by atoms with E-state index in [1.54, 1.807) is 0 Å². The van der Waals surface area contributed by atoms with Gasteiger partial charge in [-0.3, -0.25) is 0 Å². The van der Waals surface area contributed by atoms with E-state index in [2.05, 4.69) is 207 Å². The highest BCUT2D eigenvalue weighted by Crippen LogP contribution is 2.55. The molecule has 9 aromatic rings. The first-order valence-corrected chi connectivity index (χ1v) is 18.2. The predicted octanol–water partition coefficient (Wildman–Crippen LogP) is 14.3. The molecule has 0 aromatic heterocycles. The lowest BCUT2D eigenvalue weighted by Gasteiger charge is -2.38. The van der Waals surface area contributed by atoms with Crippen molar-refractivity contribution >= 4 is 49.4 Å². The number of anilines is 3. The lowest BCUT2D eigenvalue weighted by Crippen LogP contribution is -2.24. The molecule has 246 valence electrons. The van der Waals surface area contributed by atoms with Crippen LogP contribution in [-0.2, 0) is 5.41 Å². The fraction of sp³-hybridized carbons (Fsp3) is 0.0588. The molecule has 0 bridgehead atoms. The second-order valence-electron chi connectivity index (χ2n) is 14.5. The first-order valence-electron chi connectivity index (χ1n) is 18.2. The van der Waals surface area contributed by atoms with Gasteiger partial charge >= 0.3 is 0 Å². The van der Waals surface area contributed by atoms with Gasteiger partial charge in [0.25, 0.3) is 0 Å². The van der Waals surface area contributed by atoms with Crippen molar-refractivity contribution in [3.05, 3.63) is 199 Å². The van der Waals surface area contributed by atoms with Crippen LogP contribution in [0.2, 0.25) is 0 Å². The summed E-state index contributed by atoms with van der Waals surface area (Å²) in [6.45, 7) is 4.77. The minimum atomic E-state index is -0.173. The predicted molar refractivity (Wildman–Crippen MR) is 222 cm³/mol. The van der Waals surface area contributed by atoms with Gasteiger partial charge in [0.15, 0.2) is 0 Å². The van der Waals surface area contributed by atoms with Crippen LogP contribution in [0.25, 0.3) is 65.7 Å². The Balaban J connectivity index is 1.31. The summed E-state index contributed by atoms with van der Waals surface area (Å²) in [6, 6.07) is 69.3. The van der Waals surface area contributed by atoms with Crippen molar-refractivity contribution in [3.63, 3.8) is 0 Å². The summed E-state index contributed by atoms with van der Waals surface area (Å²) in [5.74, 6) is 0. The molecule has 0 unspecified atom stereocenters. The van der Waals surface area contributed by atoms with Crippen LogP contribution in [0, 0.1) is 0 Å². The largest absolute Gasteiger partial charge is 0.309 e. The molecule has 1 aliphatic rings. The Bertz CT molecular complexity index is 2790. The molecule has 0 fully saturated rings. The molecule has 0 heterocycles. The Morgan fingerprint density at radius 2 is 0.981 bits per heavy atom. The van der Waals surface area contributed by atoms with Gasteiger partial charge in [-0.1, -0.05) is 172 Å². The first kappa shape index (κ1) is 30.4. The van der Waals surface area contributed by atoms with E-state index in [1.165, 1.54) is 88.2 Å². The molecular weight excluding hydrogens is 627 g/mol. The van der Waals surface area contributed by atoms with Crippen LogP contribution in [0.1, 0.15) is 25.0 Å². The lowest BCUT2D eigenvalue weighted by atomic mass is 9.67. The average Bonchev–Trinajstić information content (AvgIpc) is 3.21. The second-order valence-corrected chi connectivity index (χ2v) is 14.5. The molecule has 0 atom stereocenters. The van der Waals surface area contributed by atoms with E-state index in [9.17, 15) is 0 Å². The molecule has 9 aromatic carbocycles. The van der Waals surface area contributed by atoms with E-state index in [0.29, 0.717) is 0 Å². The lowest BCUT2D eigenvalue weighted by molar-refractivity contribution is 0.645. The van der Waals surface area contributed by atoms with Crippen LogP contribution >= 0.6 is 0 Å². The summed E-state index contributed by atoms with van der Waals surface area (Å²) in [5.41, 5.74) is 13.5. The van der Waals surface area contributed by atoms with Gasteiger partial charge in [0.2, 0.25) is 0 Å². The number of fused-ring (bicyclic) bond motifs is 5. The molecule has 0 N–H and O–H groups in total. The molecule has 10 rings (SSSR count). The zero-order valence-electron chi connectivity index (χ0n) is 29.3. The Morgan fingerprint density at radius 1 is 0.385 bits per heavy atom. The van der Waals surface area contributed by atoms with Gasteiger partial charge in [0.05, 0.1) is 11.4 Å². The molecule has 52 heavy (non-hydrogen) atoms. The topological polar surface area (TPSA) is 3.24 Å². The monoisotopic (exact) mass is 663 g/mol. The van der Waals surface area contributed by atoms with Crippen LogP contribution in [0.3, 0.4) is 0 Å². The van der Waals surface area contributed by atoms with E-state index in [4.69, 9.17) is 0 Å². The van der Waals surface area contributed by atoms with Gasteiger partial charge in [-0.05, 0) is 96.2 Å². The summed E-state index contributed by atoms with van der Waals surface area (Å²) in [6.07, 6.45) is 0. The van der Waals surface area contributed by atoms with E-state index >= 15 is 0 Å². The fourth-order valence-electron chi connectivity index (χ4n) is 8.66. The van der Waals surface area contributed by atoms with Gasteiger partial charge in [-0.15, -0.1) is 0 Å². The molecule has 1 aliphatic carbocycles. The zero-order chi connectivity index (χ0) is 34.8. The molecule has 0 amide bonds. The maximum absolute atomic E-state index is 2.52. The van der Waals surface area contributed by atoms with Crippen molar-refractivity contribution in [1.82, 2.24) is 0 Å². The fourth-order valence-corrected chi connectivity index (χ4v) is 8.66. The standard InChI is InChI=1S/C51H37N/c1-51(2)45-30-26-38(35-16-7-4-8-17-35)32-44(45)50-47(31-27-37-19-13-23-46(51)49(37)50)52(40-28-24-36(25-29-40)34-14-5-3-6-15-34)48-33-39-18-9-10-20-41(39)42-21-11-12-22-43(42)48/h3-33H,1-2H3. The summed E-state index contributed by atoms with van der Waals surface area (Å²) in [4.78, 5) is 2.52. The van der Waals surface area contributed by atoms with Crippen LogP contribution in [-0.4, -0.2) is 0 Å². The first-order chi connectivity index (χ1) is 25.6. The Hall–Kier alpha value is -6.44. The molecular formula is C51H37N. The van der Waals surface area contributed by atoms with Gasteiger partial charge in [0, 0.05) is 22.1 Å². The maximum Gasteiger partial charge on any atom is 0.0546 e. The number of nitrogens with zero attached hydrogens (tertiary/aromatic N) is 1. The Morgan fingerprint density at radius 3 is 1.73 bits per heavy atom. The molecule has 0 radical (unpaired) electrons. The van der Waals surface area contributed by atoms with Crippen molar-refractivity contribution in [2.45, 2.75) is 19.3 Å². The van der Waals surface area contributed by atoms with Crippen molar-refractivity contribution in [1.29, 1.82) is 0 Å². The molecule has 0 saturated carbocycles. The van der Waals surface area contributed by atoms with Gasteiger partial charge < -0.3 is 4.90 Å². The average molecular weight is 664 g/mol. The van der Waals surface area contributed by atoms with Crippen molar-refractivity contribution in [3.8, 4) is 33.4 Å². The van der Waals surface area contributed by atoms with E-state index < -0.39 is 0 Å². The third kappa shape index (κ3) is 4.70. The van der Waals surface area contributed by atoms with E-state index in [0.717, 1.165) is 5.69 Å². The zero-order valence-corrected chi connectivity index (χ0v) is 29.3. The van der Waals surface area contributed by atoms with E-state index in [-0.39, 0.29) is 5.41 Å². The van der Waals surface area contributed by atoms with Crippen LogP contribution in [0.15, 0.2) is 188 Å². The summed E-state index contributed by atoms with van der Waals surface area (Å²) in [5, 5.41) is 7.57. The SMILES string of the molecule is CC1(C)c2ccc(-c3ccccc3)cc2-c2c(N(c3ccc(-c4ccccc4)cc3)c3cc4ccccc4c4ccccc34)ccc3cccc1c23.